The summed E-state index contributed by atoms with van der Waals surface area (Å²) in [6, 6.07) is 0. The number of nitrogens with two attached hydrogens (primary N) is 1. The number of unbranched alkanes of at least 4 members (excludes halogenated alkanes) is 34. The Morgan fingerprint density at radius 1 is 0.476 bits per heavy atom. The van der Waals surface area contributed by atoms with E-state index in [1.807, 2.05) is 0 Å². The van der Waals surface area contributed by atoms with Gasteiger partial charge in [-0.15, -0.1) is 0 Å². The van der Waals surface area contributed by atoms with E-state index in [1.165, 1.54) is 186 Å². The van der Waals surface area contributed by atoms with Crippen LogP contribution in [0.5, 0.6) is 0 Å². The molecular weight excluding hydrogens is 810 g/mol. The number of hydrogen-bond donors (Lipinski definition) is 2. The molecule has 0 spiro atoms. The first-order chi connectivity index (χ1) is 30.8. The monoisotopic (exact) mass is 912 g/mol. The largest absolute Gasteiger partial charge is 0.472 e. The molecular formula is C53H102NO8P. The molecule has 9 nitrogen and oxygen atoms in total. The lowest BCUT2D eigenvalue weighted by molar-refractivity contribution is -0.161. The summed E-state index contributed by atoms with van der Waals surface area (Å²) in [5, 5.41) is 0. The van der Waals surface area contributed by atoms with Crippen LogP contribution in [0.1, 0.15) is 271 Å². The summed E-state index contributed by atoms with van der Waals surface area (Å²) >= 11 is 0. The van der Waals surface area contributed by atoms with E-state index in [0.717, 1.165) is 51.4 Å². The van der Waals surface area contributed by atoms with Crippen molar-refractivity contribution in [1.29, 1.82) is 0 Å². The van der Waals surface area contributed by atoms with E-state index in [-0.39, 0.29) is 38.6 Å². The first-order valence-corrected chi connectivity index (χ1v) is 28.3. The first-order valence-electron chi connectivity index (χ1n) is 26.8. The maximum Gasteiger partial charge on any atom is 0.472 e. The quantitative estimate of drug-likeness (QED) is 0.0265. The zero-order valence-electron chi connectivity index (χ0n) is 41.3. The second-order valence-electron chi connectivity index (χ2n) is 18.1. The van der Waals surface area contributed by atoms with E-state index in [2.05, 4.69) is 38.2 Å². The number of phosphoric acid groups is 1. The standard InChI is InChI=1S/C53H102NO8P/c1-3-5-7-9-11-13-15-17-19-21-23-24-25-26-27-28-30-31-33-35-37-39-41-43-45-52(55)59-49-51(50-61-63(57,58)60-48-47-54)62-53(56)46-44-42-40-38-36-34-32-29-22-20-18-16-14-12-10-8-6-4-2/h14,16,20,22,51H,3-13,15,17-19,21,23-50,54H2,1-2H3,(H,57,58)/b16-14-,22-20-. The molecule has 2 unspecified atom stereocenters. The van der Waals surface area contributed by atoms with Crippen LogP contribution >= 0.6 is 7.82 Å². The number of rotatable bonds is 51. The predicted octanol–water partition coefficient (Wildman–Crippen LogP) is 16.3. The van der Waals surface area contributed by atoms with Gasteiger partial charge in [0.15, 0.2) is 6.10 Å². The number of carbonyl (C=O) groups excluding carboxylic acids is 2. The molecule has 0 aromatic heterocycles. The maximum absolute atomic E-state index is 12.6. The van der Waals surface area contributed by atoms with Crippen LogP contribution in [-0.2, 0) is 32.7 Å². The summed E-state index contributed by atoms with van der Waals surface area (Å²) in [5.41, 5.74) is 5.37. The fraction of sp³-hybridized carbons (Fsp3) is 0.887. The highest BCUT2D eigenvalue weighted by atomic mass is 31.2. The minimum Gasteiger partial charge on any atom is -0.462 e. The van der Waals surface area contributed by atoms with Gasteiger partial charge in [0.2, 0.25) is 0 Å². The summed E-state index contributed by atoms with van der Waals surface area (Å²) in [6.45, 7) is 3.76. The van der Waals surface area contributed by atoms with E-state index < -0.39 is 26.5 Å². The topological polar surface area (TPSA) is 134 Å². The average molecular weight is 912 g/mol. The zero-order chi connectivity index (χ0) is 46.0. The van der Waals surface area contributed by atoms with Crippen molar-refractivity contribution in [3.05, 3.63) is 24.3 Å². The predicted molar refractivity (Wildman–Crippen MR) is 266 cm³/mol. The summed E-state index contributed by atoms with van der Waals surface area (Å²) < 4.78 is 33.0. The number of hydrogen-bond acceptors (Lipinski definition) is 8. The summed E-state index contributed by atoms with van der Waals surface area (Å²) in [4.78, 5) is 35.1. The van der Waals surface area contributed by atoms with Gasteiger partial charge in [0.25, 0.3) is 0 Å². The van der Waals surface area contributed by atoms with Gasteiger partial charge in [-0.3, -0.25) is 18.6 Å². The van der Waals surface area contributed by atoms with Crippen molar-refractivity contribution in [2.75, 3.05) is 26.4 Å². The van der Waals surface area contributed by atoms with Crippen LogP contribution in [0.2, 0.25) is 0 Å². The van der Waals surface area contributed by atoms with Gasteiger partial charge in [-0.1, -0.05) is 237 Å². The number of esters is 2. The molecule has 0 radical (unpaired) electrons. The van der Waals surface area contributed by atoms with Crippen LogP contribution in [-0.4, -0.2) is 49.3 Å². The molecule has 0 rings (SSSR count). The van der Waals surface area contributed by atoms with Crippen LogP contribution in [0.15, 0.2) is 24.3 Å². The summed E-state index contributed by atoms with van der Waals surface area (Å²) in [5.74, 6) is -0.823. The van der Waals surface area contributed by atoms with Crippen LogP contribution < -0.4 is 5.73 Å². The highest BCUT2D eigenvalue weighted by Gasteiger charge is 2.26. The molecule has 0 aromatic rings. The van der Waals surface area contributed by atoms with E-state index in [9.17, 15) is 19.0 Å². The number of phosphoric ester groups is 1. The molecule has 0 aliphatic rings. The van der Waals surface area contributed by atoms with Crippen molar-refractivity contribution in [2.24, 2.45) is 5.73 Å². The van der Waals surface area contributed by atoms with Crippen molar-refractivity contribution in [3.8, 4) is 0 Å². The van der Waals surface area contributed by atoms with Crippen LogP contribution in [0.4, 0.5) is 0 Å². The van der Waals surface area contributed by atoms with Crippen molar-refractivity contribution >= 4 is 19.8 Å². The normalized spacial score (nSPS) is 13.3. The third-order valence-electron chi connectivity index (χ3n) is 11.8. The molecule has 0 amide bonds. The van der Waals surface area contributed by atoms with Crippen molar-refractivity contribution in [1.82, 2.24) is 0 Å². The third-order valence-corrected chi connectivity index (χ3v) is 12.8. The Kier molecular flexibility index (Phi) is 48.7. The lowest BCUT2D eigenvalue weighted by atomic mass is 10.0. The van der Waals surface area contributed by atoms with Crippen molar-refractivity contribution in [3.63, 3.8) is 0 Å². The molecule has 0 aliphatic heterocycles. The van der Waals surface area contributed by atoms with Gasteiger partial charge in [0.1, 0.15) is 6.61 Å². The van der Waals surface area contributed by atoms with Crippen LogP contribution in [0.3, 0.4) is 0 Å². The number of ether oxygens (including phenoxy) is 2. The molecule has 3 N–H and O–H groups in total. The van der Waals surface area contributed by atoms with Crippen LogP contribution in [0, 0.1) is 0 Å². The van der Waals surface area contributed by atoms with Crippen molar-refractivity contribution < 1.29 is 37.6 Å². The van der Waals surface area contributed by atoms with Gasteiger partial charge in [-0.25, -0.2) is 4.57 Å². The minimum atomic E-state index is -4.38. The van der Waals surface area contributed by atoms with Crippen molar-refractivity contribution in [2.45, 2.75) is 277 Å². The molecule has 0 bridgehead atoms. The molecule has 0 fully saturated rings. The molecule has 372 valence electrons. The van der Waals surface area contributed by atoms with E-state index in [1.54, 1.807) is 0 Å². The van der Waals surface area contributed by atoms with Gasteiger partial charge >= 0.3 is 19.8 Å². The summed E-state index contributed by atoms with van der Waals surface area (Å²) in [7, 11) is -4.38. The Morgan fingerprint density at radius 2 is 0.825 bits per heavy atom. The van der Waals surface area contributed by atoms with Crippen LogP contribution in [0.25, 0.3) is 0 Å². The molecule has 0 saturated carbocycles. The lowest BCUT2D eigenvalue weighted by Gasteiger charge is -2.19. The lowest BCUT2D eigenvalue weighted by Crippen LogP contribution is -2.29. The Labute approximate surface area is 389 Å². The van der Waals surface area contributed by atoms with Gasteiger partial charge in [-0.05, 0) is 44.9 Å². The van der Waals surface area contributed by atoms with Gasteiger partial charge in [0, 0.05) is 19.4 Å². The molecule has 0 saturated heterocycles. The van der Waals surface area contributed by atoms with E-state index in [4.69, 9.17) is 24.3 Å². The molecule has 0 aliphatic carbocycles. The Balaban J connectivity index is 3.97. The maximum atomic E-state index is 12.6. The molecule has 0 aromatic carbocycles. The second kappa shape index (κ2) is 49.9. The Hall–Kier alpha value is -1.51. The average Bonchev–Trinajstić information content (AvgIpc) is 3.27. The first kappa shape index (κ1) is 61.5. The fourth-order valence-electron chi connectivity index (χ4n) is 7.84. The highest BCUT2D eigenvalue weighted by molar-refractivity contribution is 7.47. The van der Waals surface area contributed by atoms with E-state index >= 15 is 0 Å². The summed E-state index contributed by atoms with van der Waals surface area (Å²) in [6.07, 6.45) is 56.5. The smallest absolute Gasteiger partial charge is 0.462 e. The van der Waals surface area contributed by atoms with Gasteiger partial charge in [-0.2, -0.15) is 0 Å². The van der Waals surface area contributed by atoms with Gasteiger partial charge < -0.3 is 20.1 Å². The number of allylic oxidation sites excluding steroid dienone is 4. The third kappa shape index (κ3) is 49.8. The zero-order valence-corrected chi connectivity index (χ0v) is 42.2. The Morgan fingerprint density at radius 3 is 1.22 bits per heavy atom. The highest BCUT2D eigenvalue weighted by Crippen LogP contribution is 2.43. The van der Waals surface area contributed by atoms with Gasteiger partial charge in [0.05, 0.1) is 13.2 Å². The molecule has 63 heavy (non-hydrogen) atoms. The molecule has 0 heterocycles. The fourth-order valence-corrected chi connectivity index (χ4v) is 8.61. The molecule has 2 atom stereocenters. The Bertz CT molecular complexity index is 1090. The second-order valence-corrected chi connectivity index (χ2v) is 19.6. The SMILES string of the molecule is CCCCCC/C=C\C/C=C\CCCCCCCCCC(=O)OC(COC(=O)CCCCCCCCCCCCCCCCCCCCCCCCCC)COP(=O)(O)OCCN. The van der Waals surface area contributed by atoms with E-state index in [0.29, 0.717) is 6.42 Å². The minimum absolute atomic E-state index is 0.0539. The number of carbonyl (C=O) groups is 2. The molecule has 10 heteroatoms.